The molecule has 0 radical (unpaired) electrons. The minimum atomic E-state index is -0.105. The van der Waals surface area contributed by atoms with Gasteiger partial charge in [0, 0.05) is 12.5 Å². The Morgan fingerprint density at radius 2 is 1.92 bits per heavy atom. The molecule has 3 heteroatoms. The van der Waals surface area contributed by atoms with E-state index in [1.807, 2.05) is 0 Å². The van der Waals surface area contributed by atoms with Crippen molar-refractivity contribution in [2.24, 2.45) is 5.41 Å². The van der Waals surface area contributed by atoms with Gasteiger partial charge in [-0.05, 0) is 6.42 Å². The molecule has 0 aromatic heterocycles. The van der Waals surface area contributed by atoms with Crippen LogP contribution in [0.4, 0.5) is 0 Å². The third-order valence-electron chi connectivity index (χ3n) is 1.98. The van der Waals surface area contributed by atoms with E-state index in [0.29, 0.717) is 6.61 Å². The van der Waals surface area contributed by atoms with Crippen molar-refractivity contribution in [3.8, 4) is 0 Å². The number of hydrogen-bond donors (Lipinski definition) is 0. The summed E-state index contributed by atoms with van der Waals surface area (Å²) in [4.78, 5) is 0. The zero-order chi connectivity index (χ0) is 9.03. The zero-order valence-electron chi connectivity index (χ0n) is 8.13. The van der Waals surface area contributed by atoms with Gasteiger partial charge in [-0.1, -0.05) is 13.8 Å². The lowest BCUT2D eigenvalue weighted by atomic mass is 9.93. The van der Waals surface area contributed by atoms with Crippen molar-refractivity contribution in [3.63, 3.8) is 0 Å². The van der Waals surface area contributed by atoms with Crippen molar-refractivity contribution >= 4 is 0 Å². The van der Waals surface area contributed by atoms with Crippen LogP contribution in [-0.2, 0) is 14.2 Å². The largest absolute Gasteiger partial charge is 0.384 e. The normalized spacial score (nSPS) is 21.2. The third kappa shape index (κ3) is 2.44. The molecule has 0 aromatic carbocycles. The summed E-state index contributed by atoms with van der Waals surface area (Å²) in [5.74, 6) is 0. The molecule has 0 N–H and O–H groups in total. The molecule has 0 unspecified atom stereocenters. The fraction of sp³-hybridized carbons (Fsp3) is 1.00. The Hall–Kier alpha value is -0.120. The van der Waals surface area contributed by atoms with E-state index in [0.717, 1.165) is 19.6 Å². The second-order valence-corrected chi connectivity index (χ2v) is 3.85. The van der Waals surface area contributed by atoms with Crippen LogP contribution in [0.5, 0.6) is 0 Å². The average molecular weight is 174 g/mol. The lowest BCUT2D eigenvalue weighted by Crippen LogP contribution is -2.40. The average Bonchev–Trinajstić information content (AvgIpc) is 2.06. The maximum atomic E-state index is 5.49. The second kappa shape index (κ2) is 4.21. The quantitative estimate of drug-likeness (QED) is 0.647. The van der Waals surface area contributed by atoms with Gasteiger partial charge < -0.3 is 14.2 Å². The fourth-order valence-corrected chi connectivity index (χ4v) is 1.38. The van der Waals surface area contributed by atoms with Gasteiger partial charge in [-0.25, -0.2) is 0 Å². The molecule has 0 amide bonds. The summed E-state index contributed by atoms with van der Waals surface area (Å²) in [6.45, 7) is 6.45. The highest BCUT2D eigenvalue weighted by Crippen LogP contribution is 2.26. The molecule has 1 aliphatic rings. The lowest BCUT2D eigenvalue weighted by molar-refractivity contribution is -0.236. The van der Waals surface area contributed by atoms with Crippen LogP contribution in [0, 0.1) is 5.41 Å². The Bertz CT molecular complexity index is 128. The van der Waals surface area contributed by atoms with Crippen LogP contribution >= 0.6 is 0 Å². The first-order chi connectivity index (χ1) is 5.67. The molecule has 1 saturated heterocycles. The monoisotopic (exact) mass is 174 g/mol. The van der Waals surface area contributed by atoms with Crippen molar-refractivity contribution in [1.82, 2.24) is 0 Å². The number of ether oxygens (including phenoxy) is 3. The van der Waals surface area contributed by atoms with Gasteiger partial charge in [0.25, 0.3) is 0 Å². The van der Waals surface area contributed by atoms with Crippen molar-refractivity contribution < 1.29 is 14.2 Å². The third-order valence-corrected chi connectivity index (χ3v) is 1.98. The summed E-state index contributed by atoms with van der Waals surface area (Å²) >= 11 is 0. The topological polar surface area (TPSA) is 27.7 Å². The first-order valence-electron chi connectivity index (χ1n) is 4.39. The summed E-state index contributed by atoms with van der Waals surface area (Å²) in [6.07, 6.45) is 0.894. The maximum Gasteiger partial charge on any atom is 0.164 e. The molecular weight excluding hydrogens is 156 g/mol. The standard InChI is InChI=1S/C9H18O3/c1-9(2,7-10-3)8-11-5-4-6-12-8/h8H,4-7H2,1-3H3. The summed E-state index contributed by atoms with van der Waals surface area (Å²) in [5, 5.41) is 0. The van der Waals surface area contributed by atoms with E-state index in [2.05, 4.69) is 13.8 Å². The molecule has 0 aliphatic carbocycles. The molecule has 0 bridgehead atoms. The van der Waals surface area contributed by atoms with E-state index in [9.17, 15) is 0 Å². The highest BCUT2D eigenvalue weighted by atomic mass is 16.7. The van der Waals surface area contributed by atoms with Crippen molar-refractivity contribution in [3.05, 3.63) is 0 Å². The van der Waals surface area contributed by atoms with E-state index in [1.54, 1.807) is 7.11 Å². The molecule has 0 saturated carbocycles. The number of hydrogen-bond acceptors (Lipinski definition) is 3. The van der Waals surface area contributed by atoms with Crippen LogP contribution in [0.15, 0.2) is 0 Å². The summed E-state index contributed by atoms with van der Waals surface area (Å²) < 4.78 is 16.1. The van der Waals surface area contributed by atoms with E-state index in [1.165, 1.54) is 0 Å². The molecule has 0 atom stereocenters. The van der Waals surface area contributed by atoms with Gasteiger partial charge in [-0.15, -0.1) is 0 Å². The smallest absolute Gasteiger partial charge is 0.164 e. The molecule has 1 fully saturated rings. The summed E-state index contributed by atoms with van der Waals surface area (Å²) in [5.41, 5.74) is -0.0465. The van der Waals surface area contributed by atoms with Gasteiger partial charge in [0.15, 0.2) is 6.29 Å². The van der Waals surface area contributed by atoms with Crippen LogP contribution in [0.25, 0.3) is 0 Å². The van der Waals surface area contributed by atoms with Gasteiger partial charge in [-0.2, -0.15) is 0 Å². The van der Waals surface area contributed by atoms with Crippen LogP contribution < -0.4 is 0 Å². The van der Waals surface area contributed by atoms with E-state index in [4.69, 9.17) is 14.2 Å². The van der Waals surface area contributed by atoms with Crippen molar-refractivity contribution in [1.29, 1.82) is 0 Å². The summed E-state index contributed by atoms with van der Waals surface area (Å²) in [7, 11) is 1.70. The Morgan fingerprint density at radius 3 is 2.42 bits per heavy atom. The van der Waals surface area contributed by atoms with Gasteiger partial charge in [0.2, 0.25) is 0 Å². The van der Waals surface area contributed by atoms with Crippen molar-refractivity contribution in [2.45, 2.75) is 26.6 Å². The summed E-state index contributed by atoms with van der Waals surface area (Å²) in [6, 6.07) is 0. The molecule has 1 rings (SSSR count). The predicted octanol–water partition coefficient (Wildman–Crippen LogP) is 1.42. The molecular formula is C9H18O3. The number of rotatable bonds is 3. The van der Waals surface area contributed by atoms with Crippen LogP contribution in [-0.4, -0.2) is 33.2 Å². The molecule has 0 aromatic rings. The molecule has 72 valence electrons. The van der Waals surface area contributed by atoms with E-state index < -0.39 is 0 Å². The Morgan fingerprint density at radius 1 is 1.33 bits per heavy atom. The Labute approximate surface area is 74.0 Å². The highest BCUT2D eigenvalue weighted by molar-refractivity contribution is 4.73. The van der Waals surface area contributed by atoms with Gasteiger partial charge >= 0.3 is 0 Å². The Kier molecular flexibility index (Phi) is 3.50. The highest BCUT2D eigenvalue weighted by Gasteiger charge is 2.32. The van der Waals surface area contributed by atoms with Crippen LogP contribution in [0.2, 0.25) is 0 Å². The van der Waals surface area contributed by atoms with E-state index >= 15 is 0 Å². The Balaban J connectivity index is 2.41. The SMILES string of the molecule is COCC(C)(C)C1OCCCO1. The zero-order valence-corrected chi connectivity index (χ0v) is 8.13. The lowest BCUT2D eigenvalue weighted by Gasteiger charge is -2.35. The minimum absolute atomic E-state index is 0.0465. The molecule has 0 spiro atoms. The first-order valence-corrected chi connectivity index (χ1v) is 4.39. The van der Waals surface area contributed by atoms with E-state index in [-0.39, 0.29) is 11.7 Å². The molecule has 12 heavy (non-hydrogen) atoms. The molecule has 1 aliphatic heterocycles. The van der Waals surface area contributed by atoms with Crippen LogP contribution in [0.1, 0.15) is 20.3 Å². The fourth-order valence-electron chi connectivity index (χ4n) is 1.38. The van der Waals surface area contributed by atoms with Crippen molar-refractivity contribution in [2.75, 3.05) is 26.9 Å². The second-order valence-electron chi connectivity index (χ2n) is 3.85. The van der Waals surface area contributed by atoms with Gasteiger partial charge in [0.05, 0.1) is 19.8 Å². The predicted molar refractivity (Wildman–Crippen MR) is 46.0 cm³/mol. The van der Waals surface area contributed by atoms with Crippen LogP contribution in [0.3, 0.4) is 0 Å². The maximum absolute atomic E-state index is 5.49. The molecule has 1 heterocycles. The molecule has 3 nitrogen and oxygen atoms in total. The van der Waals surface area contributed by atoms with Gasteiger partial charge in [-0.3, -0.25) is 0 Å². The minimum Gasteiger partial charge on any atom is -0.384 e. The van der Waals surface area contributed by atoms with Gasteiger partial charge in [0.1, 0.15) is 0 Å². The first kappa shape index (κ1) is 9.96. The number of methoxy groups -OCH3 is 1.